The molecule has 0 bridgehead atoms. The number of benzene rings is 2. The van der Waals surface area contributed by atoms with Crippen LogP contribution >= 0.6 is 11.8 Å². The van der Waals surface area contributed by atoms with Crippen molar-refractivity contribution in [1.82, 2.24) is 9.29 Å². The summed E-state index contributed by atoms with van der Waals surface area (Å²) in [5.74, 6) is 1.15. The van der Waals surface area contributed by atoms with Crippen molar-refractivity contribution in [2.75, 3.05) is 20.3 Å². The molecule has 1 heterocycles. The molecule has 0 amide bonds. The molecule has 0 N–H and O–H groups in total. The van der Waals surface area contributed by atoms with Crippen molar-refractivity contribution in [3.8, 4) is 0 Å². The van der Waals surface area contributed by atoms with Crippen LogP contribution in [-0.4, -0.2) is 44.0 Å². The van der Waals surface area contributed by atoms with Crippen molar-refractivity contribution in [2.24, 2.45) is 5.92 Å². The Morgan fingerprint density at radius 3 is 2.47 bits per heavy atom. The van der Waals surface area contributed by atoms with E-state index >= 15 is 0 Å². The molecule has 1 atom stereocenters. The Morgan fingerprint density at radius 1 is 1.09 bits per heavy atom. The molecule has 0 aliphatic heterocycles. The predicted molar refractivity (Wildman–Crippen MR) is 129 cm³/mol. The molecule has 0 radical (unpaired) electrons. The highest BCUT2D eigenvalue weighted by Gasteiger charge is 2.28. The van der Waals surface area contributed by atoms with Gasteiger partial charge in [0, 0.05) is 25.4 Å². The topological polar surface area (TPSA) is 72.6 Å². The van der Waals surface area contributed by atoms with Crippen molar-refractivity contribution in [2.45, 2.75) is 55.5 Å². The summed E-state index contributed by atoms with van der Waals surface area (Å²) in [6, 6.07) is 14.5. The Labute approximate surface area is 195 Å². The summed E-state index contributed by atoms with van der Waals surface area (Å²) in [4.78, 5) is 4.76. The highest BCUT2D eigenvalue weighted by Crippen LogP contribution is 2.27. The lowest BCUT2D eigenvalue weighted by Crippen LogP contribution is -2.40. The fourth-order valence-corrected chi connectivity index (χ4v) is 5.49. The Hall–Kier alpha value is -1.87. The summed E-state index contributed by atoms with van der Waals surface area (Å²) >= 11 is 1.49. The van der Waals surface area contributed by atoms with Gasteiger partial charge in [0.1, 0.15) is 5.52 Å². The molecular formula is C24H32N2O4S2. The first-order chi connectivity index (χ1) is 15.3. The van der Waals surface area contributed by atoms with Crippen molar-refractivity contribution in [1.29, 1.82) is 0 Å². The number of ether oxygens (including phenoxy) is 1. The minimum absolute atomic E-state index is 0.184. The fraction of sp³-hybridized carbons (Fsp3) is 0.458. The molecule has 0 fully saturated rings. The molecule has 0 aliphatic rings. The second-order valence-corrected chi connectivity index (χ2v) is 11.1. The third kappa shape index (κ3) is 6.34. The van der Waals surface area contributed by atoms with Crippen LogP contribution in [0.5, 0.6) is 0 Å². The summed E-state index contributed by atoms with van der Waals surface area (Å²) in [6.07, 6.45) is 1.72. The first kappa shape index (κ1) is 24.8. The maximum atomic E-state index is 13.2. The van der Waals surface area contributed by atoms with Crippen LogP contribution in [-0.2, 0) is 20.5 Å². The SMILES string of the molecule is CCOCC(CCC(C)C)N(C)S(=O)(=O)c1ccc(CSc2nc3ccccc3o2)cc1. The van der Waals surface area contributed by atoms with Crippen LogP contribution in [0.15, 0.2) is 63.1 Å². The zero-order chi connectivity index (χ0) is 23.1. The molecule has 2 aromatic carbocycles. The van der Waals surface area contributed by atoms with Crippen LogP contribution in [0.1, 0.15) is 39.2 Å². The number of likely N-dealkylation sites (N-methyl/N-ethyl adjacent to an activating group) is 1. The van der Waals surface area contributed by atoms with E-state index in [4.69, 9.17) is 9.15 Å². The van der Waals surface area contributed by atoms with E-state index in [0.717, 1.165) is 29.5 Å². The molecular weight excluding hydrogens is 444 g/mol. The molecule has 0 saturated carbocycles. The Bertz CT molecular complexity index is 1060. The van der Waals surface area contributed by atoms with Crippen molar-refractivity contribution in [3.63, 3.8) is 0 Å². The van der Waals surface area contributed by atoms with Crippen LogP contribution < -0.4 is 0 Å². The van der Waals surface area contributed by atoms with Gasteiger partial charge in [0.05, 0.1) is 11.5 Å². The number of aromatic nitrogens is 1. The van der Waals surface area contributed by atoms with E-state index in [9.17, 15) is 8.42 Å². The minimum atomic E-state index is -3.60. The molecule has 1 aromatic heterocycles. The molecule has 8 heteroatoms. The lowest BCUT2D eigenvalue weighted by atomic mass is 10.0. The number of fused-ring (bicyclic) bond motifs is 1. The summed E-state index contributed by atoms with van der Waals surface area (Å²) in [5.41, 5.74) is 2.60. The Balaban J connectivity index is 1.66. The van der Waals surface area contributed by atoms with Crippen LogP contribution in [0.3, 0.4) is 0 Å². The first-order valence-corrected chi connectivity index (χ1v) is 13.4. The predicted octanol–water partition coefficient (Wildman–Crippen LogP) is 5.58. The molecule has 0 saturated heterocycles. The van der Waals surface area contributed by atoms with E-state index in [2.05, 4.69) is 18.8 Å². The number of hydrogen-bond donors (Lipinski definition) is 0. The van der Waals surface area contributed by atoms with Crippen molar-refractivity contribution < 1.29 is 17.6 Å². The van der Waals surface area contributed by atoms with Gasteiger partial charge in [-0.15, -0.1) is 0 Å². The Morgan fingerprint density at radius 2 is 1.81 bits per heavy atom. The molecule has 0 spiro atoms. The van der Waals surface area contributed by atoms with Crippen molar-refractivity contribution in [3.05, 3.63) is 54.1 Å². The lowest BCUT2D eigenvalue weighted by Gasteiger charge is -2.28. The highest BCUT2D eigenvalue weighted by molar-refractivity contribution is 7.98. The minimum Gasteiger partial charge on any atom is -0.431 e. The molecule has 174 valence electrons. The van der Waals surface area contributed by atoms with Gasteiger partial charge in [0.15, 0.2) is 5.58 Å². The number of sulfonamides is 1. The van der Waals surface area contributed by atoms with E-state index in [1.165, 1.54) is 16.1 Å². The second-order valence-electron chi connectivity index (χ2n) is 8.19. The maximum absolute atomic E-state index is 13.2. The molecule has 0 aliphatic carbocycles. The quantitative estimate of drug-likeness (QED) is 0.318. The number of thioether (sulfide) groups is 1. The van der Waals surface area contributed by atoms with Crippen LogP contribution in [0.4, 0.5) is 0 Å². The number of hydrogen-bond acceptors (Lipinski definition) is 6. The van der Waals surface area contributed by atoms with E-state index in [1.54, 1.807) is 19.2 Å². The third-order valence-electron chi connectivity index (χ3n) is 5.34. The molecule has 32 heavy (non-hydrogen) atoms. The van der Waals surface area contributed by atoms with E-state index in [0.29, 0.717) is 35.0 Å². The zero-order valence-corrected chi connectivity index (χ0v) is 20.8. The average Bonchev–Trinajstić information content (AvgIpc) is 3.20. The van der Waals surface area contributed by atoms with Gasteiger partial charge in [0.25, 0.3) is 5.22 Å². The zero-order valence-electron chi connectivity index (χ0n) is 19.2. The highest BCUT2D eigenvalue weighted by atomic mass is 32.2. The lowest BCUT2D eigenvalue weighted by molar-refractivity contribution is 0.0982. The van der Waals surface area contributed by atoms with Crippen LogP contribution in [0, 0.1) is 5.92 Å². The summed E-state index contributed by atoms with van der Waals surface area (Å²) in [7, 11) is -1.95. The maximum Gasteiger partial charge on any atom is 0.257 e. The van der Waals surface area contributed by atoms with Gasteiger partial charge in [-0.3, -0.25) is 0 Å². The van der Waals surface area contributed by atoms with Gasteiger partial charge in [0.2, 0.25) is 10.0 Å². The summed E-state index contributed by atoms with van der Waals surface area (Å²) in [5, 5.41) is 0.603. The molecule has 1 unspecified atom stereocenters. The van der Waals surface area contributed by atoms with Gasteiger partial charge < -0.3 is 9.15 Å². The van der Waals surface area contributed by atoms with Gasteiger partial charge >= 0.3 is 0 Å². The average molecular weight is 477 g/mol. The molecule has 3 aromatic rings. The number of para-hydroxylation sites is 2. The van der Waals surface area contributed by atoms with Crippen LogP contribution in [0.25, 0.3) is 11.1 Å². The molecule has 3 rings (SSSR count). The van der Waals surface area contributed by atoms with E-state index < -0.39 is 10.0 Å². The van der Waals surface area contributed by atoms with Gasteiger partial charge in [-0.05, 0) is 55.5 Å². The van der Waals surface area contributed by atoms with Gasteiger partial charge in [-0.1, -0.05) is 49.9 Å². The summed E-state index contributed by atoms with van der Waals surface area (Å²) < 4.78 is 39.2. The number of oxazole rings is 1. The normalized spacial score (nSPS) is 13.3. The van der Waals surface area contributed by atoms with E-state index in [-0.39, 0.29) is 6.04 Å². The standard InChI is InChI=1S/C24H32N2O4S2/c1-5-29-16-20(13-10-18(2)3)26(4)32(27,28)21-14-11-19(12-15-21)17-31-24-25-22-8-6-7-9-23(22)30-24/h6-9,11-12,14-15,18,20H,5,10,13,16-17H2,1-4H3. The number of rotatable bonds is 12. The smallest absolute Gasteiger partial charge is 0.257 e. The molecule has 6 nitrogen and oxygen atoms in total. The largest absolute Gasteiger partial charge is 0.431 e. The second kappa shape index (κ2) is 11.3. The monoisotopic (exact) mass is 476 g/mol. The van der Waals surface area contributed by atoms with Gasteiger partial charge in [-0.2, -0.15) is 4.31 Å². The van der Waals surface area contributed by atoms with Crippen LogP contribution in [0.2, 0.25) is 0 Å². The first-order valence-electron chi connectivity index (χ1n) is 10.9. The van der Waals surface area contributed by atoms with Gasteiger partial charge in [-0.25, -0.2) is 13.4 Å². The third-order valence-corrected chi connectivity index (χ3v) is 8.17. The Kier molecular flexibility index (Phi) is 8.76. The number of nitrogens with zero attached hydrogens (tertiary/aromatic N) is 2. The van der Waals surface area contributed by atoms with Crippen molar-refractivity contribution >= 4 is 32.9 Å². The summed E-state index contributed by atoms with van der Waals surface area (Å²) in [6.45, 7) is 7.18. The fourth-order valence-electron chi connectivity index (χ4n) is 3.33. The van der Waals surface area contributed by atoms with E-state index in [1.807, 2.05) is 43.3 Å².